The van der Waals surface area contributed by atoms with Gasteiger partial charge in [-0.15, -0.1) is 0 Å². The number of carbonyl (C=O) groups excluding carboxylic acids is 1. The van der Waals surface area contributed by atoms with Crippen molar-refractivity contribution in [2.24, 2.45) is 11.7 Å². The fourth-order valence-electron chi connectivity index (χ4n) is 2.07. The third-order valence-corrected chi connectivity index (χ3v) is 3.34. The molecule has 0 aromatic rings. The van der Waals surface area contributed by atoms with Crippen molar-refractivity contribution in [2.45, 2.75) is 32.1 Å². The summed E-state index contributed by atoms with van der Waals surface area (Å²) in [5.74, 6) is 0.678. The minimum atomic E-state index is 0.264. The number of likely N-dealkylation sites (tertiary alicyclic amines) is 1. The summed E-state index contributed by atoms with van der Waals surface area (Å²) in [5, 5.41) is 0. The van der Waals surface area contributed by atoms with Crippen molar-refractivity contribution >= 4 is 28.9 Å². The second-order valence-corrected chi connectivity index (χ2v) is 4.80. The van der Waals surface area contributed by atoms with Gasteiger partial charge < -0.3 is 10.6 Å². The lowest BCUT2D eigenvalue weighted by Gasteiger charge is -2.16. The minimum Gasteiger partial charge on any atom is -0.342 e. The first-order valence-corrected chi connectivity index (χ1v) is 7.04. The molecule has 100 valence electrons. The monoisotopic (exact) mass is 356 g/mol. The van der Waals surface area contributed by atoms with Crippen LogP contribution in [0.25, 0.3) is 0 Å². The van der Waals surface area contributed by atoms with E-state index in [-0.39, 0.29) is 5.91 Å². The van der Waals surface area contributed by atoms with Gasteiger partial charge in [-0.3, -0.25) is 4.79 Å². The first-order valence-electron chi connectivity index (χ1n) is 6.16. The van der Waals surface area contributed by atoms with Crippen LogP contribution in [0.1, 0.15) is 32.1 Å². The molecular formula is C11H21IN2O3. The lowest BCUT2D eigenvalue weighted by atomic mass is 10.1. The number of hydrogen-bond acceptors (Lipinski definition) is 4. The number of nitrogens with two attached hydrogens (primary N) is 1. The molecule has 0 saturated carbocycles. The molecule has 1 fully saturated rings. The molecule has 6 heteroatoms. The van der Waals surface area contributed by atoms with Gasteiger partial charge in [-0.25, -0.2) is 4.89 Å². The number of unbranched alkanes of at least 4 members (excludes halogenated alkanes) is 2. The third kappa shape index (κ3) is 5.98. The van der Waals surface area contributed by atoms with Gasteiger partial charge in [-0.2, -0.15) is 3.22 Å². The van der Waals surface area contributed by atoms with Gasteiger partial charge in [0.25, 0.3) is 0 Å². The zero-order valence-electron chi connectivity index (χ0n) is 10.1. The predicted molar refractivity (Wildman–Crippen MR) is 73.3 cm³/mol. The summed E-state index contributed by atoms with van der Waals surface area (Å²) < 4.78 is 4.55. The number of hydrogen-bond donors (Lipinski definition) is 1. The van der Waals surface area contributed by atoms with Gasteiger partial charge >= 0.3 is 0 Å². The number of amides is 1. The second kappa shape index (κ2) is 9.07. The van der Waals surface area contributed by atoms with Crippen LogP contribution in [0.5, 0.6) is 0 Å². The molecule has 1 rings (SSSR count). The van der Waals surface area contributed by atoms with Gasteiger partial charge in [-0.05, 0) is 25.8 Å². The summed E-state index contributed by atoms with van der Waals surface area (Å²) in [6.07, 6.45) is 4.66. The molecule has 1 aliphatic heterocycles. The van der Waals surface area contributed by atoms with E-state index >= 15 is 0 Å². The Bertz CT molecular complexity index is 229. The Hall–Kier alpha value is 0.0800. The van der Waals surface area contributed by atoms with E-state index in [1.54, 1.807) is 23.0 Å². The lowest BCUT2D eigenvalue weighted by Crippen LogP contribution is -2.29. The first kappa shape index (κ1) is 15.1. The van der Waals surface area contributed by atoms with E-state index in [0.29, 0.717) is 25.5 Å². The maximum Gasteiger partial charge on any atom is 0.222 e. The Morgan fingerprint density at radius 1 is 1.41 bits per heavy atom. The molecule has 0 aliphatic carbocycles. The molecule has 0 aromatic carbocycles. The molecule has 1 saturated heterocycles. The molecule has 17 heavy (non-hydrogen) atoms. The number of nitrogens with zero attached hydrogens (tertiary/aromatic N) is 1. The van der Waals surface area contributed by atoms with E-state index in [1.807, 2.05) is 4.90 Å². The smallest absolute Gasteiger partial charge is 0.222 e. The molecule has 5 nitrogen and oxygen atoms in total. The molecule has 0 radical (unpaired) electrons. The van der Waals surface area contributed by atoms with Crippen LogP contribution in [0.4, 0.5) is 0 Å². The van der Waals surface area contributed by atoms with Crippen LogP contribution in [0.2, 0.25) is 0 Å². The molecule has 0 bridgehead atoms. The van der Waals surface area contributed by atoms with E-state index in [4.69, 9.17) is 10.6 Å². The van der Waals surface area contributed by atoms with E-state index < -0.39 is 0 Å². The van der Waals surface area contributed by atoms with Crippen LogP contribution in [-0.2, 0) is 12.9 Å². The summed E-state index contributed by atoms with van der Waals surface area (Å²) in [4.78, 5) is 18.7. The maximum atomic E-state index is 11.8. The van der Waals surface area contributed by atoms with Gasteiger partial charge in [0, 0.05) is 25.4 Å². The van der Waals surface area contributed by atoms with Gasteiger partial charge in [0.15, 0.2) is 23.0 Å². The van der Waals surface area contributed by atoms with Crippen molar-refractivity contribution in [1.29, 1.82) is 0 Å². The van der Waals surface area contributed by atoms with Crippen molar-refractivity contribution in [1.82, 2.24) is 4.90 Å². The Labute approximate surface area is 117 Å². The van der Waals surface area contributed by atoms with E-state index in [2.05, 4.69) is 3.22 Å². The normalized spacial score (nSPS) is 19.9. The summed E-state index contributed by atoms with van der Waals surface area (Å²) in [7, 11) is 0. The molecule has 2 N–H and O–H groups in total. The fourth-order valence-corrected chi connectivity index (χ4v) is 2.22. The van der Waals surface area contributed by atoms with Crippen molar-refractivity contribution < 1.29 is 12.9 Å². The molecule has 1 unspecified atom stereocenters. The van der Waals surface area contributed by atoms with E-state index in [9.17, 15) is 4.79 Å². The molecule has 0 aromatic heterocycles. The number of rotatable bonds is 8. The average molecular weight is 356 g/mol. The van der Waals surface area contributed by atoms with E-state index in [0.717, 1.165) is 38.8 Å². The van der Waals surface area contributed by atoms with E-state index in [1.165, 1.54) is 0 Å². The summed E-state index contributed by atoms with van der Waals surface area (Å²) >= 11 is 1.71. The van der Waals surface area contributed by atoms with Crippen LogP contribution in [0.15, 0.2) is 0 Å². The van der Waals surface area contributed by atoms with Gasteiger partial charge in [0.05, 0.1) is 6.61 Å². The van der Waals surface area contributed by atoms with Gasteiger partial charge in [0.1, 0.15) is 0 Å². The zero-order valence-corrected chi connectivity index (χ0v) is 12.2. The summed E-state index contributed by atoms with van der Waals surface area (Å²) in [5.41, 5.74) is 5.41. The molecule has 1 atom stereocenters. The Morgan fingerprint density at radius 3 is 2.94 bits per heavy atom. The zero-order chi connectivity index (χ0) is 12.5. The first-order chi connectivity index (χ1) is 8.27. The van der Waals surface area contributed by atoms with Gasteiger partial charge in [0.2, 0.25) is 5.91 Å². The molecule has 1 heterocycles. The topological polar surface area (TPSA) is 64.8 Å². The second-order valence-electron chi connectivity index (χ2n) is 4.44. The maximum absolute atomic E-state index is 11.8. The summed E-state index contributed by atoms with van der Waals surface area (Å²) in [6.45, 7) is 2.94. The average Bonchev–Trinajstić information content (AvgIpc) is 2.80. The van der Waals surface area contributed by atoms with Crippen LogP contribution >= 0.6 is 23.0 Å². The van der Waals surface area contributed by atoms with Gasteiger partial charge in [-0.1, -0.05) is 6.42 Å². The van der Waals surface area contributed by atoms with Crippen molar-refractivity contribution in [2.75, 3.05) is 26.2 Å². The largest absolute Gasteiger partial charge is 0.342 e. The minimum absolute atomic E-state index is 0.264. The predicted octanol–water partition coefficient (Wildman–Crippen LogP) is 1.65. The third-order valence-electron chi connectivity index (χ3n) is 3.08. The van der Waals surface area contributed by atoms with Crippen molar-refractivity contribution in [3.8, 4) is 0 Å². The van der Waals surface area contributed by atoms with Crippen molar-refractivity contribution in [3.63, 3.8) is 0 Å². The highest BCUT2D eigenvalue weighted by atomic mass is 127. The van der Waals surface area contributed by atoms with Crippen LogP contribution in [0.3, 0.4) is 0 Å². The molecule has 1 amide bonds. The number of carbonyl (C=O) groups is 1. The molecule has 0 spiro atoms. The van der Waals surface area contributed by atoms with Crippen LogP contribution < -0.4 is 5.73 Å². The fraction of sp³-hybridized carbons (Fsp3) is 0.909. The highest BCUT2D eigenvalue weighted by Crippen LogP contribution is 2.18. The highest BCUT2D eigenvalue weighted by molar-refractivity contribution is 14.1. The SMILES string of the molecule is NCCCCCC(=O)N1CCC(COOI)C1. The molecule has 1 aliphatic rings. The molecular weight excluding hydrogens is 335 g/mol. The van der Waals surface area contributed by atoms with Crippen LogP contribution in [0, 0.1) is 5.92 Å². The number of halogens is 1. The lowest BCUT2D eigenvalue weighted by molar-refractivity contribution is -0.176. The highest BCUT2D eigenvalue weighted by Gasteiger charge is 2.26. The van der Waals surface area contributed by atoms with Crippen LogP contribution in [-0.4, -0.2) is 37.0 Å². The summed E-state index contributed by atoms with van der Waals surface area (Å²) in [6, 6.07) is 0. The standard InChI is InChI=1S/C11H21IN2O3/c12-17-16-9-10-5-7-14(8-10)11(15)4-2-1-3-6-13/h10H,1-9,13H2. The Kier molecular flexibility index (Phi) is 8.08. The quantitative estimate of drug-likeness (QED) is 0.311. The Balaban J connectivity index is 2.12. The van der Waals surface area contributed by atoms with Crippen molar-refractivity contribution in [3.05, 3.63) is 0 Å². The Morgan fingerprint density at radius 2 is 2.24 bits per heavy atom.